The van der Waals surface area contributed by atoms with Crippen molar-refractivity contribution in [3.8, 4) is 0 Å². The summed E-state index contributed by atoms with van der Waals surface area (Å²) in [6, 6.07) is 12.2. The highest BCUT2D eigenvalue weighted by molar-refractivity contribution is 7.99. The van der Waals surface area contributed by atoms with E-state index in [2.05, 4.69) is 28.9 Å². The van der Waals surface area contributed by atoms with E-state index in [4.69, 9.17) is 4.74 Å². The van der Waals surface area contributed by atoms with Gasteiger partial charge in [-0.1, -0.05) is 113 Å². The van der Waals surface area contributed by atoms with Crippen molar-refractivity contribution in [2.75, 3.05) is 45.9 Å². The molecule has 0 radical (unpaired) electrons. The molecule has 0 aliphatic carbocycles. The van der Waals surface area contributed by atoms with Crippen molar-refractivity contribution in [1.29, 1.82) is 0 Å². The molecule has 0 atom stereocenters. The third-order valence-electron chi connectivity index (χ3n) is 9.57. The summed E-state index contributed by atoms with van der Waals surface area (Å²) in [6.07, 6.45) is 19.6. The van der Waals surface area contributed by atoms with Crippen LogP contribution >= 0.6 is 11.8 Å². The van der Waals surface area contributed by atoms with Crippen molar-refractivity contribution in [3.63, 3.8) is 0 Å². The van der Waals surface area contributed by atoms with Gasteiger partial charge < -0.3 is 9.64 Å². The van der Waals surface area contributed by atoms with Crippen LogP contribution in [0, 0.1) is 0 Å². The summed E-state index contributed by atoms with van der Waals surface area (Å²) < 4.78 is 47.5. The van der Waals surface area contributed by atoms with Crippen LogP contribution in [0.4, 0.5) is 13.2 Å². The Bertz CT molecular complexity index is 1330. The predicted molar refractivity (Wildman–Crippen MR) is 197 cm³/mol. The number of rotatable bonds is 21. The maximum absolute atomic E-state index is 14.0. The minimum Gasteiger partial charge on any atom is -0.464 e. The maximum Gasteiger partial charge on any atom is 0.417 e. The van der Waals surface area contributed by atoms with Crippen molar-refractivity contribution in [2.45, 2.75) is 119 Å². The molecule has 1 fully saturated rings. The van der Waals surface area contributed by atoms with Gasteiger partial charge in [0, 0.05) is 61.0 Å². The van der Waals surface area contributed by atoms with Gasteiger partial charge in [0.05, 0.1) is 5.56 Å². The second-order valence-electron chi connectivity index (χ2n) is 13.4. The Hall–Kier alpha value is -2.55. The average molecular weight is 699 g/mol. The van der Waals surface area contributed by atoms with Crippen LogP contribution in [0.5, 0.6) is 0 Å². The number of unbranched alkanes of at least 4 members (excludes halogenated alkanes) is 11. The standard InChI is InChI=1S/C41H57F3N2O2S/c1-2-3-4-5-6-7-8-9-10-11-12-13-14-15-16-26-39(47)48-33-32-46-30-28-45(29-31-46)27-20-22-35-34-21-17-18-24-37(34)49-38-25-19-23-36(40(35)38)41(42,43)44/h9-10,17-19,21-25H,2-8,11-16,20,26-33H2,1H3/b10-9-,35-22-. The van der Waals surface area contributed by atoms with Gasteiger partial charge in [-0.25, -0.2) is 0 Å². The molecule has 0 aromatic heterocycles. The third kappa shape index (κ3) is 13.6. The minimum absolute atomic E-state index is 0.0951. The number of halogens is 3. The van der Waals surface area contributed by atoms with Crippen LogP contribution in [-0.4, -0.2) is 61.6 Å². The smallest absolute Gasteiger partial charge is 0.417 e. The second kappa shape index (κ2) is 21.6. The van der Waals surface area contributed by atoms with Crippen molar-refractivity contribution < 1.29 is 22.7 Å². The van der Waals surface area contributed by atoms with Gasteiger partial charge in [0.15, 0.2) is 0 Å². The SMILES string of the molecule is CCCCCCCC/C=C\CCCCCCCC(=O)OCCN1CCN(CC/C=C2/c3ccccc3Sc3cccc(C(F)(F)F)c32)CC1. The summed E-state index contributed by atoms with van der Waals surface area (Å²) in [4.78, 5) is 18.6. The molecule has 8 heteroatoms. The fraction of sp³-hybridized carbons (Fsp3) is 0.585. The van der Waals surface area contributed by atoms with Gasteiger partial charge in [-0.15, -0.1) is 0 Å². The first-order valence-electron chi connectivity index (χ1n) is 18.8. The lowest BCUT2D eigenvalue weighted by molar-refractivity contribution is -0.144. The Kier molecular flexibility index (Phi) is 17.3. The summed E-state index contributed by atoms with van der Waals surface area (Å²) in [7, 11) is 0. The van der Waals surface area contributed by atoms with E-state index in [0.717, 1.165) is 62.6 Å². The van der Waals surface area contributed by atoms with Gasteiger partial charge in [-0.05, 0) is 67.9 Å². The Morgan fingerprint density at radius 3 is 2.06 bits per heavy atom. The van der Waals surface area contributed by atoms with Gasteiger partial charge in [-0.3, -0.25) is 9.69 Å². The Balaban J connectivity index is 1.05. The summed E-state index contributed by atoms with van der Waals surface area (Å²) in [5, 5.41) is 0. The molecule has 2 heterocycles. The zero-order valence-electron chi connectivity index (χ0n) is 29.6. The molecule has 4 nitrogen and oxygen atoms in total. The molecule has 0 N–H and O–H groups in total. The third-order valence-corrected chi connectivity index (χ3v) is 10.7. The number of nitrogens with zero attached hydrogens (tertiary/aromatic N) is 2. The number of alkyl halides is 3. The molecule has 0 unspecified atom stereocenters. The van der Waals surface area contributed by atoms with E-state index in [1.165, 1.54) is 94.5 Å². The number of piperazine rings is 1. The van der Waals surface area contributed by atoms with E-state index in [-0.39, 0.29) is 5.97 Å². The summed E-state index contributed by atoms with van der Waals surface area (Å²) in [5.74, 6) is -0.0951. The van der Waals surface area contributed by atoms with Crippen LogP contribution in [0.1, 0.15) is 120 Å². The van der Waals surface area contributed by atoms with E-state index in [1.54, 1.807) is 6.07 Å². The lowest BCUT2D eigenvalue weighted by Crippen LogP contribution is -2.47. The molecule has 4 rings (SSSR count). The minimum atomic E-state index is -4.41. The molecular formula is C41H57F3N2O2S. The van der Waals surface area contributed by atoms with Crippen LogP contribution in [0.2, 0.25) is 0 Å². The number of hydrogen-bond acceptors (Lipinski definition) is 5. The van der Waals surface area contributed by atoms with Crippen molar-refractivity contribution in [2.24, 2.45) is 0 Å². The van der Waals surface area contributed by atoms with Gasteiger partial charge in [-0.2, -0.15) is 13.2 Å². The predicted octanol–water partition coefficient (Wildman–Crippen LogP) is 11.2. The van der Waals surface area contributed by atoms with Crippen molar-refractivity contribution >= 4 is 23.3 Å². The zero-order chi connectivity index (χ0) is 34.7. The molecule has 0 bridgehead atoms. The summed E-state index contributed by atoms with van der Waals surface area (Å²) in [6.45, 7) is 7.78. The first-order chi connectivity index (χ1) is 23.9. The van der Waals surface area contributed by atoms with Crippen LogP contribution < -0.4 is 0 Å². The number of ether oxygens (including phenoxy) is 1. The van der Waals surface area contributed by atoms with E-state index >= 15 is 0 Å². The van der Waals surface area contributed by atoms with E-state index in [9.17, 15) is 18.0 Å². The first-order valence-corrected chi connectivity index (χ1v) is 19.6. The number of fused-ring (bicyclic) bond motifs is 2. The number of carbonyl (C=O) groups excluding carboxylic acids is 1. The van der Waals surface area contributed by atoms with Gasteiger partial charge in [0.25, 0.3) is 0 Å². The number of hydrogen-bond donors (Lipinski definition) is 0. The molecule has 2 aromatic carbocycles. The monoisotopic (exact) mass is 698 g/mol. The Labute approximate surface area is 297 Å². The van der Waals surface area contributed by atoms with E-state index in [1.807, 2.05) is 30.3 Å². The number of carbonyl (C=O) groups is 1. The molecule has 0 spiro atoms. The zero-order valence-corrected chi connectivity index (χ0v) is 30.4. The molecule has 2 aliphatic heterocycles. The topological polar surface area (TPSA) is 32.8 Å². The molecule has 1 saturated heterocycles. The number of allylic oxidation sites excluding steroid dienone is 2. The van der Waals surface area contributed by atoms with Crippen LogP contribution in [0.3, 0.4) is 0 Å². The molecular weight excluding hydrogens is 642 g/mol. The van der Waals surface area contributed by atoms with Crippen LogP contribution in [-0.2, 0) is 15.7 Å². The molecule has 49 heavy (non-hydrogen) atoms. The first kappa shape index (κ1) is 39.2. The van der Waals surface area contributed by atoms with Gasteiger partial charge >= 0.3 is 12.1 Å². The normalized spacial score (nSPS) is 16.3. The molecule has 270 valence electrons. The number of esters is 1. The highest BCUT2D eigenvalue weighted by Crippen LogP contribution is 2.49. The molecule has 0 saturated carbocycles. The highest BCUT2D eigenvalue weighted by Gasteiger charge is 2.37. The van der Waals surface area contributed by atoms with Crippen molar-refractivity contribution in [1.82, 2.24) is 9.80 Å². The molecule has 2 aliphatic rings. The second-order valence-corrected chi connectivity index (χ2v) is 14.5. The largest absolute Gasteiger partial charge is 0.464 e. The summed E-state index contributed by atoms with van der Waals surface area (Å²) >= 11 is 1.41. The van der Waals surface area contributed by atoms with E-state index < -0.39 is 11.7 Å². The lowest BCUT2D eigenvalue weighted by atomic mass is 9.92. The highest BCUT2D eigenvalue weighted by atomic mass is 32.2. The number of benzene rings is 2. The van der Waals surface area contributed by atoms with Crippen molar-refractivity contribution in [3.05, 3.63) is 77.4 Å². The van der Waals surface area contributed by atoms with Gasteiger partial charge in [0.1, 0.15) is 6.61 Å². The van der Waals surface area contributed by atoms with Crippen LogP contribution in [0.25, 0.3) is 5.57 Å². The molecule has 2 aromatic rings. The van der Waals surface area contributed by atoms with Gasteiger partial charge in [0.2, 0.25) is 0 Å². The Morgan fingerprint density at radius 1 is 0.755 bits per heavy atom. The Morgan fingerprint density at radius 2 is 1.37 bits per heavy atom. The maximum atomic E-state index is 14.0. The van der Waals surface area contributed by atoms with Crippen LogP contribution in [0.15, 0.2) is 70.5 Å². The molecule has 0 amide bonds. The lowest BCUT2D eigenvalue weighted by Gasteiger charge is -2.34. The quantitative estimate of drug-likeness (QED) is 0.0628. The fourth-order valence-electron chi connectivity index (χ4n) is 6.70. The average Bonchev–Trinajstić information content (AvgIpc) is 3.09. The summed E-state index contributed by atoms with van der Waals surface area (Å²) in [5.41, 5.74) is 1.28. The van der Waals surface area contributed by atoms with E-state index in [0.29, 0.717) is 35.5 Å². The fourth-order valence-corrected chi connectivity index (χ4v) is 7.84.